The zero-order valence-corrected chi connectivity index (χ0v) is 10.0. The van der Waals surface area contributed by atoms with Gasteiger partial charge in [-0.3, -0.25) is 9.78 Å². The second-order valence-corrected chi connectivity index (χ2v) is 2.87. The van der Waals surface area contributed by atoms with Gasteiger partial charge in [-0.25, -0.2) is 0 Å². The van der Waals surface area contributed by atoms with Crippen LogP contribution in [0.25, 0.3) is 0 Å². The quantitative estimate of drug-likeness (QED) is 0.828. The molecule has 15 heavy (non-hydrogen) atoms. The van der Waals surface area contributed by atoms with Gasteiger partial charge in [0.2, 0.25) is 5.91 Å². The van der Waals surface area contributed by atoms with Crippen molar-refractivity contribution >= 4 is 5.91 Å². The summed E-state index contributed by atoms with van der Waals surface area (Å²) in [6, 6.07) is 3.87. The molecule has 0 saturated heterocycles. The van der Waals surface area contributed by atoms with Crippen LogP contribution in [0.3, 0.4) is 0 Å². The molecule has 0 saturated carbocycles. The lowest BCUT2D eigenvalue weighted by molar-refractivity contribution is -0.119. The molecule has 0 aromatic carbocycles. The van der Waals surface area contributed by atoms with Crippen molar-refractivity contribution in [3.8, 4) is 0 Å². The Morgan fingerprint density at radius 2 is 2.13 bits per heavy atom. The zero-order valence-electron chi connectivity index (χ0n) is 10.0. The smallest absolute Gasteiger partial charge is 0.217 e. The van der Waals surface area contributed by atoms with Gasteiger partial charge in [0.05, 0.1) is 0 Å². The summed E-state index contributed by atoms with van der Waals surface area (Å²) < 4.78 is 0. The maximum Gasteiger partial charge on any atom is 0.217 e. The molecule has 0 spiro atoms. The lowest BCUT2D eigenvalue weighted by atomic mass is 10.1. The van der Waals surface area contributed by atoms with E-state index in [1.54, 1.807) is 6.20 Å². The molecule has 0 aliphatic heterocycles. The number of aryl methyl sites for hydroxylation is 1. The molecule has 3 nitrogen and oxygen atoms in total. The van der Waals surface area contributed by atoms with Crippen LogP contribution >= 0.6 is 0 Å². The van der Waals surface area contributed by atoms with Crippen LogP contribution in [0.15, 0.2) is 18.3 Å². The first kappa shape index (κ1) is 13.6. The summed E-state index contributed by atoms with van der Waals surface area (Å²) in [5.74, 6) is -0.00842. The molecule has 3 heteroatoms. The second-order valence-electron chi connectivity index (χ2n) is 2.87. The number of aromatic nitrogens is 1. The molecule has 1 aromatic rings. The normalized spacial score (nSPS) is 8.80. The van der Waals surface area contributed by atoms with Crippen molar-refractivity contribution in [3.05, 3.63) is 29.6 Å². The Morgan fingerprint density at radius 3 is 2.67 bits per heavy atom. The number of pyridine rings is 1. The minimum atomic E-state index is -0.00842. The van der Waals surface area contributed by atoms with Gasteiger partial charge in [0.25, 0.3) is 0 Å². The average molecular weight is 208 g/mol. The fourth-order valence-electron chi connectivity index (χ4n) is 1.17. The summed E-state index contributed by atoms with van der Waals surface area (Å²) in [7, 11) is 0. The third-order valence-corrected chi connectivity index (χ3v) is 1.85. The highest BCUT2D eigenvalue weighted by atomic mass is 16.1. The van der Waals surface area contributed by atoms with E-state index in [0.29, 0.717) is 6.54 Å². The van der Waals surface area contributed by atoms with E-state index in [0.717, 1.165) is 17.7 Å². The molecule has 1 amide bonds. The SMILES string of the molecule is CC.CCc1ncccc1CNC(C)=O. The van der Waals surface area contributed by atoms with Gasteiger partial charge in [0, 0.05) is 25.4 Å². The molecule has 0 unspecified atom stereocenters. The van der Waals surface area contributed by atoms with Crippen molar-refractivity contribution in [1.29, 1.82) is 0 Å². The van der Waals surface area contributed by atoms with E-state index in [9.17, 15) is 4.79 Å². The van der Waals surface area contributed by atoms with Crippen LogP contribution in [0, 0.1) is 0 Å². The first-order valence-corrected chi connectivity index (χ1v) is 5.41. The lowest BCUT2D eigenvalue weighted by Gasteiger charge is -2.06. The van der Waals surface area contributed by atoms with Crippen molar-refractivity contribution < 1.29 is 4.79 Å². The molecule has 1 aromatic heterocycles. The first-order valence-electron chi connectivity index (χ1n) is 5.41. The monoisotopic (exact) mass is 208 g/mol. The summed E-state index contributed by atoms with van der Waals surface area (Å²) in [5, 5.41) is 2.76. The topological polar surface area (TPSA) is 42.0 Å². The largest absolute Gasteiger partial charge is 0.352 e. The predicted octanol–water partition coefficient (Wildman–Crippen LogP) is 2.31. The predicted molar refractivity (Wildman–Crippen MR) is 62.5 cm³/mol. The van der Waals surface area contributed by atoms with Crippen LogP contribution in [-0.4, -0.2) is 10.9 Å². The third kappa shape index (κ3) is 5.15. The van der Waals surface area contributed by atoms with Gasteiger partial charge in [-0.2, -0.15) is 0 Å². The van der Waals surface area contributed by atoms with Crippen molar-refractivity contribution in [2.45, 2.75) is 40.7 Å². The van der Waals surface area contributed by atoms with Crippen LogP contribution < -0.4 is 5.32 Å². The molecule has 0 bridgehead atoms. The van der Waals surface area contributed by atoms with Crippen LogP contribution in [0.4, 0.5) is 0 Å². The maximum absolute atomic E-state index is 10.7. The number of hydrogen-bond acceptors (Lipinski definition) is 2. The van der Waals surface area contributed by atoms with Crippen LogP contribution in [0.2, 0.25) is 0 Å². The van der Waals surface area contributed by atoms with Crippen LogP contribution in [0.5, 0.6) is 0 Å². The van der Waals surface area contributed by atoms with Gasteiger partial charge >= 0.3 is 0 Å². The Bertz CT molecular complexity index is 297. The van der Waals surface area contributed by atoms with E-state index in [2.05, 4.69) is 17.2 Å². The Balaban J connectivity index is 0.000000921. The minimum Gasteiger partial charge on any atom is -0.352 e. The number of carbonyl (C=O) groups is 1. The van der Waals surface area contributed by atoms with E-state index in [1.165, 1.54) is 6.92 Å². The third-order valence-electron chi connectivity index (χ3n) is 1.85. The van der Waals surface area contributed by atoms with Gasteiger partial charge in [-0.15, -0.1) is 0 Å². The molecular formula is C12H20N2O. The molecule has 0 aliphatic rings. The molecule has 0 atom stereocenters. The molecule has 1 heterocycles. The molecule has 84 valence electrons. The Labute approximate surface area is 91.9 Å². The second kappa shape index (κ2) is 7.97. The highest BCUT2D eigenvalue weighted by Gasteiger charge is 2.00. The zero-order chi connectivity index (χ0) is 11.7. The van der Waals surface area contributed by atoms with E-state index < -0.39 is 0 Å². The molecule has 0 aliphatic carbocycles. The maximum atomic E-state index is 10.7. The number of nitrogens with zero attached hydrogens (tertiary/aromatic N) is 1. The molecular weight excluding hydrogens is 188 g/mol. The van der Waals surface area contributed by atoms with E-state index >= 15 is 0 Å². The fraction of sp³-hybridized carbons (Fsp3) is 0.500. The van der Waals surface area contributed by atoms with Gasteiger partial charge in [-0.05, 0) is 18.1 Å². The summed E-state index contributed by atoms with van der Waals surface area (Å²) in [5.41, 5.74) is 2.15. The minimum absolute atomic E-state index is 0.00842. The van der Waals surface area contributed by atoms with Crippen molar-refractivity contribution in [3.63, 3.8) is 0 Å². The standard InChI is InChI=1S/C10H14N2O.C2H6/c1-3-10-9(5-4-6-11-10)7-12-8(2)13;1-2/h4-6H,3,7H2,1-2H3,(H,12,13);1-2H3. The van der Waals surface area contributed by atoms with Gasteiger partial charge < -0.3 is 5.32 Å². The highest BCUT2D eigenvalue weighted by Crippen LogP contribution is 2.05. The Morgan fingerprint density at radius 1 is 1.47 bits per heavy atom. The van der Waals surface area contributed by atoms with Crippen LogP contribution in [-0.2, 0) is 17.8 Å². The van der Waals surface area contributed by atoms with Crippen molar-refractivity contribution in [2.24, 2.45) is 0 Å². The highest BCUT2D eigenvalue weighted by molar-refractivity contribution is 5.72. The van der Waals surface area contributed by atoms with Gasteiger partial charge in [0.1, 0.15) is 0 Å². The van der Waals surface area contributed by atoms with E-state index in [-0.39, 0.29) is 5.91 Å². The summed E-state index contributed by atoms with van der Waals surface area (Å²) in [6.45, 7) is 8.15. The molecule has 0 fully saturated rings. The molecule has 1 N–H and O–H groups in total. The first-order chi connectivity index (χ1) is 7.24. The van der Waals surface area contributed by atoms with Crippen molar-refractivity contribution in [2.75, 3.05) is 0 Å². The number of hydrogen-bond donors (Lipinski definition) is 1. The van der Waals surface area contributed by atoms with Crippen LogP contribution in [0.1, 0.15) is 39.0 Å². The Kier molecular flexibility index (Phi) is 7.24. The average Bonchev–Trinajstić information content (AvgIpc) is 2.29. The van der Waals surface area contributed by atoms with E-state index in [1.807, 2.05) is 26.0 Å². The number of nitrogens with one attached hydrogen (secondary N) is 1. The summed E-state index contributed by atoms with van der Waals surface area (Å²) in [6.07, 6.45) is 2.67. The lowest BCUT2D eigenvalue weighted by Crippen LogP contribution is -2.19. The number of carbonyl (C=O) groups excluding carboxylic acids is 1. The fourth-order valence-corrected chi connectivity index (χ4v) is 1.17. The van der Waals surface area contributed by atoms with Crippen molar-refractivity contribution in [1.82, 2.24) is 10.3 Å². The van der Waals surface area contributed by atoms with Gasteiger partial charge in [0.15, 0.2) is 0 Å². The summed E-state index contributed by atoms with van der Waals surface area (Å²) >= 11 is 0. The molecule has 0 radical (unpaired) electrons. The molecule has 1 rings (SSSR count). The number of rotatable bonds is 3. The summed E-state index contributed by atoms with van der Waals surface area (Å²) in [4.78, 5) is 14.9. The Hall–Kier alpha value is -1.38. The van der Waals surface area contributed by atoms with Gasteiger partial charge in [-0.1, -0.05) is 26.8 Å². The number of amides is 1. The van der Waals surface area contributed by atoms with E-state index in [4.69, 9.17) is 0 Å².